The molecular weight excluding hydrogens is 440 g/mol. The van der Waals surface area contributed by atoms with Gasteiger partial charge in [-0.2, -0.15) is 0 Å². The van der Waals surface area contributed by atoms with E-state index < -0.39 is 0 Å². The molecule has 2 heterocycles. The number of hydrogen-bond donors (Lipinski definition) is 1. The summed E-state index contributed by atoms with van der Waals surface area (Å²) >= 11 is 0. The number of aromatic nitrogens is 1. The molecule has 176 valence electrons. The molecule has 1 aliphatic heterocycles. The molecule has 5 rings (SSSR count). The van der Waals surface area contributed by atoms with Crippen molar-refractivity contribution in [2.45, 2.75) is 33.6 Å². The van der Waals surface area contributed by atoms with Crippen LogP contribution in [0.4, 0.5) is 0 Å². The predicted octanol–water partition coefficient (Wildman–Crippen LogP) is 5.81. The van der Waals surface area contributed by atoms with Crippen molar-refractivity contribution in [3.8, 4) is 22.8 Å². The molecule has 0 bridgehead atoms. The van der Waals surface area contributed by atoms with Gasteiger partial charge in [-0.05, 0) is 78.1 Å². The molecule has 1 N–H and O–H groups in total. The fourth-order valence-corrected chi connectivity index (χ4v) is 4.43. The van der Waals surface area contributed by atoms with Gasteiger partial charge in [0.05, 0.1) is 6.42 Å². The molecular formula is C29H26N2O4. The number of ether oxygens (including phenoxy) is 1. The lowest BCUT2D eigenvalue weighted by molar-refractivity contribution is -0.140. The molecule has 0 atom stereocenters. The van der Waals surface area contributed by atoms with E-state index in [1.807, 2.05) is 43.3 Å². The third-order valence-electron chi connectivity index (χ3n) is 6.54. The molecule has 0 saturated heterocycles. The second-order valence-corrected chi connectivity index (χ2v) is 8.92. The lowest BCUT2D eigenvalue weighted by Crippen LogP contribution is -2.12. The summed E-state index contributed by atoms with van der Waals surface area (Å²) in [5, 5.41) is 16.6. The standard InChI is InChI=1S/C29H26N2O4/c1-17-12-27(34-16-24-15-28(33)35-31-24)19(3)18(2)25(17)14-23-10-11-26(32)29(30-23)22-9-8-20-6-4-5-7-21(20)13-22/h4-13,32H,14-16H2,1-3H3. The second kappa shape index (κ2) is 9.22. The van der Waals surface area contributed by atoms with Gasteiger partial charge in [0, 0.05) is 17.7 Å². The van der Waals surface area contributed by atoms with Crippen molar-refractivity contribution >= 4 is 22.5 Å². The minimum absolute atomic E-state index is 0.162. The van der Waals surface area contributed by atoms with Gasteiger partial charge in [0.15, 0.2) is 0 Å². The summed E-state index contributed by atoms with van der Waals surface area (Å²) in [6.45, 7) is 6.38. The van der Waals surface area contributed by atoms with Crippen molar-refractivity contribution in [1.29, 1.82) is 0 Å². The quantitative estimate of drug-likeness (QED) is 0.363. The fraction of sp³-hybridized carbons (Fsp3) is 0.207. The average Bonchev–Trinajstić information content (AvgIpc) is 3.28. The first kappa shape index (κ1) is 22.6. The molecule has 1 aromatic heterocycles. The number of carbonyl (C=O) groups excluding carboxylic acids is 1. The Kier molecular flexibility index (Phi) is 5.95. The number of rotatable bonds is 6. The Hall–Kier alpha value is -4.19. The molecule has 0 saturated carbocycles. The van der Waals surface area contributed by atoms with Crippen molar-refractivity contribution in [1.82, 2.24) is 4.98 Å². The predicted molar refractivity (Wildman–Crippen MR) is 136 cm³/mol. The van der Waals surface area contributed by atoms with Crippen LogP contribution in [0.1, 0.15) is 34.4 Å². The van der Waals surface area contributed by atoms with E-state index in [0.717, 1.165) is 44.5 Å². The highest BCUT2D eigenvalue weighted by Crippen LogP contribution is 2.32. The minimum Gasteiger partial charge on any atom is -0.506 e. The Bertz CT molecular complexity index is 1490. The van der Waals surface area contributed by atoms with Crippen LogP contribution in [0.2, 0.25) is 0 Å². The highest BCUT2D eigenvalue weighted by Gasteiger charge is 2.19. The van der Waals surface area contributed by atoms with Gasteiger partial charge in [-0.15, -0.1) is 0 Å². The summed E-state index contributed by atoms with van der Waals surface area (Å²) in [5.74, 6) is 0.573. The number of oxime groups is 1. The summed E-state index contributed by atoms with van der Waals surface area (Å²) in [6.07, 6.45) is 0.801. The van der Waals surface area contributed by atoms with Crippen molar-refractivity contribution in [3.05, 3.63) is 88.6 Å². The summed E-state index contributed by atoms with van der Waals surface area (Å²) < 4.78 is 5.95. The van der Waals surface area contributed by atoms with Crippen LogP contribution >= 0.6 is 0 Å². The van der Waals surface area contributed by atoms with E-state index in [-0.39, 0.29) is 24.7 Å². The molecule has 6 heteroatoms. The molecule has 4 aromatic rings. The molecule has 6 nitrogen and oxygen atoms in total. The zero-order valence-electron chi connectivity index (χ0n) is 20.0. The number of hydrogen-bond acceptors (Lipinski definition) is 6. The number of aryl methyl sites for hydroxylation is 1. The molecule has 0 fully saturated rings. The van der Waals surface area contributed by atoms with Gasteiger partial charge in [0.2, 0.25) is 0 Å². The van der Waals surface area contributed by atoms with Crippen LogP contribution in [0.25, 0.3) is 22.0 Å². The van der Waals surface area contributed by atoms with Gasteiger partial charge >= 0.3 is 5.97 Å². The normalized spacial score (nSPS) is 13.1. The van der Waals surface area contributed by atoms with E-state index in [1.54, 1.807) is 6.07 Å². The van der Waals surface area contributed by atoms with Crippen LogP contribution in [0.3, 0.4) is 0 Å². The summed E-state index contributed by atoms with van der Waals surface area (Å²) in [4.78, 5) is 20.7. The van der Waals surface area contributed by atoms with E-state index in [1.165, 1.54) is 5.56 Å². The maximum Gasteiger partial charge on any atom is 0.340 e. The van der Waals surface area contributed by atoms with Gasteiger partial charge in [-0.25, -0.2) is 9.78 Å². The summed E-state index contributed by atoms with van der Waals surface area (Å²) in [7, 11) is 0. The zero-order chi connectivity index (χ0) is 24.5. The van der Waals surface area contributed by atoms with Crippen LogP contribution < -0.4 is 4.74 Å². The topological polar surface area (TPSA) is 81.0 Å². The van der Waals surface area contributed by atoms with E-state index in [2.05, 4.69) is 42.0 Å². The minimum atomic E-state index is -0.354. The van der Waals surface area contributed by atoms with Gasteiger partial charge in [0.25, 0.3) is 0 Å². The Morgan fingerprint density at radius 1 is 0.971 bits per heavy atom. The number of carbonyl (C=O) groups is 1. The highest BCUT2D eigenvalue weighted by atomic mass is 16.7. The van der Waals surface area contributed by atoms with Crippen LogP contribution in [0.15, 0.2) is 65.8 Å². The number of fused-ring (bicyclic) bond motifs is 1. The summed E-state index contributed by atoms with van der Waals surface area (Å²) in [5.41, 5.74) is 7.35. The molecule has 1 aliphatic rings. The largest absolute Gasteiger partial charge is 0.506 e. The van der Waals surface area contributed by atoms with Gasteiger partial charge in [0.1, 0.15) is 29.5 Å². The van der Waals surface area contributed by atoms with Crippen molar-refractivity contribution in [2.24, 2.45) is 5.16 Å². The molecule has 0 radical (unpaired) electrons. The maximum atomic E-state index is 11.2. The molecule has 0 amide bonds. The van der Waals surface area contributed by atoms with Crippen molar-refractivity contribution in [2.75, 3.05) is 6.61 Å². The van der Waals surface area contributed by atoms with E-state index in [4.69, 9.17) is 9.72 Å². The Morgan fingerprint density at radius 3 is 2.54 bits per heavy atom. The smallest absolute Gasteiger partial charge is 0.340 e. The molecule has 0 spiro atoms. The van der Waals surface area contributed by atoms with Crippen LogP contribution in [0.5, 0.6) is 11.5 Å². The lowest BCUT2D eigenvalue weighted by atomic mass is 9.93. The molecule has 0 unspecified atom stereocenters. The Balaban J connectivity index is 1.41. The third kappa shape index (κ3) is 4.60. The number of pyridine rings is 1. The first-order chi connectivity index (χ1) is 16.9. The Labute approximate surface area is 203 Å². The van der Waals surface area contributed by atoms with E-state index >= 15 is 0 Å². The zero-order valence-corrected chi connectivity index (χ0v) is 20.0. The van der Waals surface area contributed by atoms with E-state index in [9.17, 15) is 9.90 Å². The van der Waals surface area contributed by atoms with Crippen molar-refractivity contribution < 1.29 is 19.5 Å². The number of benzene rings is 3. The van der Waals surface area contributed by atoms with Crippen LogP contribution in [-0.4, -0.2) is 28.4 Å². The third-order valence-corrected chi connectivity index (χ3v) is 6.54. The van der Waals surface area contributed by atoms with Crippen LogP contribution in [-0.2, 0) is 16.1 Å². The van der Waals surface area contributed by atoms with Gasteiger partial charge in [-0.3, -0.25) is 0 Å². The highest BCUT2D eigenvalue weighted by molar-refractivity contribution is 6.02. The fourth-order valence-electron chi connectivity index (χ4n) is 4.43. The second-order valence-electron chi connectivity index (χ2n) is 8.92. The first-order valence-corrected chi connectivity index (χ1v) is 11.5. The number of aromatic hydroxyl groups is 1. The van der Waals surface area contributed by atoms with E-state index in [0.29, 0.717) is 17.8 Å². The van der Waals surface area contributed by atoms with Gasteiger partial charge < -0.3 is 14.7 Å². The number of nitrogens with zero attached hydrogens (tertiary/aromatic N) is 2. The Morgan fingerprint density at radius 2 is 1.77 bits per heavy atom. The van der Waals surface area contributed by atoms with Crippen molar-refractivity contribution in [3.63, 3.8) is 0 Å². The first-order valence-electron chi connectivity index (χ1n) is 11.5. The monoisotopic (exact) mass is 466 g/mol. The molecule has 3 aromatic carbocycles. The van der Waals surface area contributed by atoms with Crippen LogP contribution in [0, 0.1) is 20.8 Å². The average molecular weight is 467 g/mol. The lowest BCUT2D eigenvalue weighted by Gasteiger charge is -2.17. The maximum absolute atomic E-state index is 11.2. The van der Waals surface area contributed by atoms with Gasteiger partial charge in [-0.1, -0.05) is 41.6 Å². The summed E-state index contributed by atoms with van der Waals surface area (Å²) in [6, 6.07) is 19.8. The molecule has 35 heavy (non-hydrogen) atoms. The molecule has 0 aliphatic carbocycles. The SMILES string of the molecule is Cc1cc(OCC2=NOC(=O)C2)c(C)c(C)c1Cc1ccc(O)c(-c2ccc3ccccc3c2)n1.